The van der Waals surface area contributed by atoms with Crippen molar-refractivity contribution >= 4 is 5.91 Å². The van der Waals surface area contributed by atoms with Gasteiger partial charge in [-0.25, -0.2) is 0 Å². The molecule has 0 aliphatic rings. The molecule has 5 heteroatoms. The summed E-state index contributed by atoms with van der Waals surface area (Å²) in [7, 11) is 2.19. The minimum Gasteiger partial charge on any atom is -1.00 e. The van der Waals surface area contributed by atoms with Crippen LogP contribution in [0.4, 0.5) is 0 Å². The number of quaternary nitrogens is 1. The number of unbranched alkanes of at least 4 members (excludes halogenated alkanes) is 11. The third kappa shape index (κ3) is 19.8. The molecule has 4 nitrogen and oxygen atoms in total. The van der Waals surface area contributed by atoms with Gasteiger partial charge in [-0.15, -0.1) is 0 Å². The van der Waals surface area contributed by atoms with Crippen molar-refractivity contribution in [3.05, 3.63) is 48.0 Å². The second kappa shape index (κ2) is 24.0. The molecule has 0 spiro atoms. The van der Waals surface area contributed by atoms with E-state index in [4.69, 9.17) is 0 Å². The highest BCUT2D eigenvalue weighted by Gasteiger charge is 2.21. The van der Waals surface area contributed by atoms with Crippen LogP contribution in [0.1, 0.15) is 109 Å². The van der Waals surface area contributed by atoms with E-state index in [0.717, 1.165) is 49.9 Å². The van der Waals surface area contributed by atoms with Gasteiger partial charge in [-0.2, -0.15) is 0 Å². The van der Waals surface area contributed by atoms with E-state index in [1.54, 1.807) is 0 Å². The summed E-state index contributed by atoms with van der Waals surface area (Å²) in [5, 5.41) is 12.6. The Morgan fingerprint density at radius 3 is 2.03 bits per heavy atom. The molecule has 1 rings (SSSR count). The fourth-order valence-corrected chi connectivity index (χ4v) is 4.67. The molecule has 0 aliphatic heterocycles. The number of carbonyl (C=O) groups excluding carboxylic acids is 1. The lowest BCUT2D eigenvalue weighted by molar-refractivity contribution is -0.922. The smallest absolute Gasteiger partial charge is 0.219 e. The van der Waals surface area contributed by atoms with Crippen LogP contribution in [0, 0.1) is 0 Å². The molecule has 1 aromatic carbocycles. The molecule has 1 amide bonds. The summed E-state index contributed by atoms with van der Waals surface area (Å²) in [6, 6.07) is 10.4. The van der Waals surface area contributed by atoms with Crippen LogP contribution in [0.15, 0.2) is 42.5 Å². The Morgan fingerprint density at radius 2 is 1.42 bits per heavy atom. The molecule has 2 N–H and O–H groups in total. The van der Waals surface area contributed by atoms with Crippen LogP contribution < -0.4 is 17.7 Å². The molecular weight excluding hydrogens is 468 g/mol. The molecule has 1 unspecified atom stereocenters. The first-order chi connectivity index (χ1) is 17.1. The van der Waals surface area contributed by atoms with E-state index in [1.807, 2.05) is 6.07 Å². The van der Waals surface area contributed by atoms with E-state index in [9.17, 15) is 9.90 Å². The predicted octanol–water partition coefficient (Wildman–Crippen LogP) is 4.17. The summed E-state index contributed by atoms with van der Waals surface area (Å²) < 4.78 is 0.796. The number of allylic oxidation sites excluding steroid dienone is 2. The van der Waals surface area contributed by atoms with E-state index in [1.165, 1.54) is 76.2 Å². The van der Waals surface area contributed by atoms with Crippen LogP contribution >= 0.6 is 0 Å². The van der Waals surface area contributed by atoms with Crippen LogP contribution in [0.5, 0.6) is 0 Å². The highest BCUT2D eigenvalue weighted by atomic mass is 35.5. The molecule has 0 heterocycles. The second-order valence-electron chi connectivity index (χ2n) is 10.5. The monoisotopic (exact) mass is 522 g/mol. The third-order valence-electron chi connectivity index (χ3n) is 6.91. The lowest BCUT2D eigenvalue weighted by Crippen LogP contribution is -3.00. The Kier molecular flexibility index (Phi) is 23.1. The Balaban J connectivity index is 0.0000122. The molecule has 0 aromatic heterocycles. The third-order valence-corrected chi connectivity index (χ3v) is 6.91. The van der Waals surface area contributed by atoms with Gasteiger partial charge in [0.15, 0.2) is 0 Å². The zero-order valence-corrected chi connectivity index (χ0v) is 24.1. The summed E-state index contributed by atoms with van der Waals surface area (Å²) in [5.41, 5.74) is 1.29. The van der Waals surface area contributed by atoms with Gasteiger partial charge in [0.05, 0.1) is 20.2 Å². The summed E-state index contributed by atoms with van der Waals surface area (Å²) in [4.78, 5) is 12.2. The van der Waals surface area contributed by atoms with Crippen molar-refractivity contribution in [3.63, 3.8) is 0 Å². The van der Waals surface area contributed by atoms with E-state index >= 15 is 0 Å². The van der Waals surface area contributed by atoms with Crippen LogP contribution in [-0.4, -0.2) is 48.8 Å². The fraction of sp³-hybridized carbons (Fsp3) is 0.710. The summed E-state index contributed by atoms with van der Waals surface area (Å²) in [5.74, 6) is 0.182. The fourth-order valence-electron chi connectivity index (χ4n) is 4.67. The lowest BCUT2D eigenvalue weighted by atomic mass is 10.1. The zero-order valence-electron chi connectivity index (χ0n) is 23.4. The van der Waals surface area contributed by atoms with Gasteiger partial charge in [0, 0.05) is 24.9 Å². The lowest BCUT2D eigenvalue weighted by Gasteiger charge is -2.34. The van der Waals surface area contributed by atoms with Gasteiger partial charge >= 0.3 is 0 Å². The number of hydrogen-bond donors (Lipinski definition) is 2. The number of hydrogen-bond acceptors (Lipinski definition) is 2. The van der Waals surface area contributed by atoms with Crippen molar-refractivity contribution in [1.29, 1.82) is 0 Å². The number of rotatable bonds is 23. The first-order valence-corrected chi connectivity index (χ1v) is 14.5. The van der Waals surface area contributed by atoms with Gasteiger partial charge in [0.2, 0.25) is 5.91 Å². The van der Waals surface area contributed by atoms with Crippen molar-refractivity contribution in [3.8, 4) is 0 Å². The van der Waals surface area contributed by atoms with Crippen molar-refractivity contribution in [2.75, 3.05) is 33.3 Å². The van der Waals surface area contributed by atoms with Crippen LogP contribution in [0.3, 0.4) is 0 Å². The molecule has 208 valence electrons. The van der Waals surface area contributed by atoms with Crippen molar-refractivity contribution in [1.82, 2.24) is 5.32 Å². The highest BCUT2D eigenvalue weighted by Crippen LogP contribution is 2.13. The largest absolute Gasteiger partial charge is 1.00 e. The van der Waals surface area contributed by atoms with Gasteiger partial charge in [0.1, 0.15) is 13.1 Å². The number of nitrogens with one attached hydrogen (secondary N) is 1. The van der Waals surface area contributed by atoms with Crippen LogP contribution in [0.2, 0.25) is 0 Å². The normalized spacial score (nSPS) is 12.9. The molecule has 36 heavy (non-hydrogen) atoms. The highest BCUT2D eigenvalue weighted by molar-refractivity contribution is 5.75. The van der Waals surface area contributed by atoms with Gasteiger partial charge in [-0.3, -0.25) is 4.79 Å². The first kappa shape index (κ1) is 34.6. The maximum Gasteiger partial charge on any atom is 0.219 e. The van der Waals surface area contributed by atoms with Crippen molar-refractivity contribution in [2.45, 2.75) is 110 Å². The number of amides is 1. The summed E-state index contributed by atoms with van der Waals surface area (Å²) >= 11 is 0. The number of likely N-dealkylation sites (N-methyl/N-ethyl adjacent to an activating group) is 1. The average molecular weight is 523 g/mol. The minimum absolute atomic E-state index is 0. The van der Waals surface area contributed by atoms with Crippen molar-refractivity contribution in [2.24, 2.45) is 0 Å². The quantitative estimate of drug-likeness (QED) is 0.129. The minimum atomic E-state index is 0. The van der Waals surface area contributed by atoms with E-state index in [2.05, 4.69) is 55.7 Å². The molecule has 0 saturated carbocycles. The Labute approximate surface area is 228 Å². The molecule has 1 atom stereocenters. The molecule has 1 aromatic rings. The number of halogens is 1. The molecular formula is C31H55ClN2O2. The number of carbonyl (C=O) groups is 1. The molecule has 0 fully saturated rings. The van der Waals surface area contributed by atoms with Gasteiger partial charge < -0.3 is 27.3 Å². The molecule has 0 radical (unpaired) electrons. The Hall–Kier alpha value is -1.36. The van der Waals surface area contributed by atoms with E-state index in [-0.39, 0.29) is 24.9 Å². The topological polar surface area (TPSA) is 49.3 Å². The van der Waals surface area contributed by atoms with E-state index in [0.29, 0.717) is 6.42 Å². The Morgan fingerprint density at radius 1 is 0.833 bits per heavy atom. The summed E-state index contributed by atoms with van der Waals surface area (Å²) in [6.07, 6.45) is 22.9. The standard InChI is InChI=1S/C31H54N2O2.ClH/c1-3-4-5-6-7-8-9-10-11-12-13-14-15-16-20-24-31(35)32-25-21-26-33(2,27-28-34)29-30-22-18-17-19-23-30;/h10-11,17-19,22-23,34H,3-9,12-16,20-21,24-29H2,1-2H3;1H. The molecule has 0 saturated heterocycles. The van der Waals surface area contributed by atoms with Crippen molar-refractivity contribution < 1.29 is 26.8 Å². The van der Waals surface area contributed by atoms with E-state index < -0.39 is 0 Å². The SMILES string of the molecule is CCCCCCCCC=CCCCCCCCC(=O)NCCC[N+](C)(CCO)Cc1ccccc1.[Cl-]. The predicted molar refractivity (Wildman–Crippen MR) is 150 cm³/mol. The first-order valence-electron chi connectivity index (χ1n) is 14.5. The Bertz CT molecular complexity index is 653. The number of benzene rings is 1. The number of nitrogens with zero attached hydrogens (tertiary/aromatic N) is 1. The molecule has 0 bridgehead atoms. The summed E-state index contributed by atoms with van der Waals surface area (Å²) in [6.45, 7) is 5.76. The zero-order chi connectivity index (χ0) is 25.5. The maximum absolute atomic E-state index is 12.2. The number of aliphatic hydroxyl groups is 1. The average Bonchev–Trinajstić information content (AvgIpc) is 2.85. The second-order valence-corrected chi connectivity index (χ2v) is 10.5. The maximum atomic E-state index is 12.2. The van der Waals surface area contributed by atoms with Crippen LogP contribution in [-0.2, 0) is 11.3 Å². The van der Waals surface area contributed by atoms with Gasteiger partial charge in [0.25, 0.3) is 0 Å². The van der Waals surface area contributed by atoms with Crippen LogP contribution in [0.25, 0.3) is 0 Å². The molecule has 0 aliphatic carbocycles. The van der Waals surface area contributed by atoms with Gasteiger partial charge in [-0.05, 0) is 32.1 Å². The van der Waals surface area contributed by atoms with Gasteiger partial charge in [-0.1, -0.05) is 101 Å². The number of aliphatic hydroxyl groups excluding tert-OH is 1.